The van der Waals surface area contributed by atoms with Gasteiger partial charge >= 0.3 is 0 Å². The first-order valence-electron chi connectivity index (χ1n) is 5.84. The zero-order chi connectivity index (χ0) is 14.4. The van der Waals surface area contributed by atoms with Gasteiger partial charge in [0.05, 0.1) is 16.7 Å². The number of rotatable bonds is 5. The van der Waals surface area contributed by atoms with Crippen molar-refractivity contribution in [3.63, 3.8) is 0 Å². The minimum atomic E-state index is -0.570. The molecule has 1 aromatic heterocycles. The first kappa shape index (κ1) is 13.5. The van der Waals surface area contributed by atoms with Crippen LogP contribution in [0.3, 0.4) is 0 Å². The second kappa shape index (κ2) is 6.29. The summed E-state index contributed by atoms with van der Waals surface area (Å²) in [6.07, 6.45) is 7.65. The van der Waals surface area contributed by atoms with Gasteiger partial charge in [-0.3, -0.25) is 14.9 Å². The number of nitro groups is 1. The summed E-state index contributed by atoms with van der Waals surface area (Å²) < 4.78 is 5.08. The Morgan fingerprint density at radius 1 is 1.15 bits per heavy atom. The molecule has 0 radical (unpaired) electrons. The summed E-state index contributed by atoms with van der Waals surface area (Å²) in [6.45, 7) is 0. The fraction of sp³-hybridized carbons (Fsp3) is 0. The van der Waals surface area contributed by atoms with Crippen LogP contribution in [0, 0.1) is 10.1 Å². The molecule has 0 saturated heterocycles. The zero-order valence-electron chi connectivity index (χ0n) is 10.4. The number of hydrogen-bond donors (Lipinski definition) is 0. The van der Waals surface area contributed by atoms with Crippen LogP contribution in [0.1, 0.15) is 16.1 Å². The summed E-state index contributed by atoms with van der Waals surface area (Å²) in [7, 11) is 0. The van der Waals surface area contributed by atoms with Crippen molar-refractivity contribution in [1.82, 2.24) is 0 Å². The van der Waals surface area contributed by atoms with Gasteiger partial charge in [-0.2, -0.15) is 0 Å². The van der Waals surface area contributed by atoms with Crippen LogP contribution in [0.25, 0.3) is 6.08 Å². The third-order valence-electron chi connectivity index (χ3n) is 2.53. The molecule has 0 bridgehead atoms. The minimum Gasteiger partial charge on any atom is -0.465 e. The normalized spacial score (nSPS) is 11.2. The molecule has 1 heterocycles. The number of carbonyl (C=O) groups is 1. The monoisotopic (exact) mass is 269 g/mol. The van der Waals surface area contributed by atoms with Crippen LogP contribution in [-0.2, 0) is 0 Å². The zero-order valence-corrected chi connectivity index (χ0v) is 10.4. The van der Waals surface area contributed by atoms with Crippen molar-refractivity contribution in [2.24, 2.45) is 0 Å². The molecule has 0 saturated carbocycles. The maximum Gasteiger partial charge on any atom is 0.280 e. The Labute approximate surface area is 115 Å². The van der Waals surface area contributed by atoms with Gasteiger partial charge in [0.2, 0.25) is 0 Å². The molecule has 2 aromatic rings. The van der Waals surface area contributed by atoms with Crippen molar-refractivity contribution in [3.05, 3.63) is 82.3 Å². The van der Waals surface area contributed by atoms with Crippen LogP contribution >= 0.6 is 0 Å². The number of nitro benzene ring substituents is 1. The molecule has 5 heteroatoms. The molecule has 0 amide bonds. The molecule has 20 heavy (non-hydrogen) atoms. The highest BCUT2D eigenvalue weighted by atomic mass is 16.6. The van der Waals surface area contributed by atoms with E-state index in [2.05, 4.69) is 0 Å². The van der Waals surface area contributed by atoms with Crippen LogP contribution in [0.2, 0.25) is 0 Å². The quantitative estimate of drug-likeness (QED) is 0.273. The van der Waals surface area contributed by atoms with E-state index in [-0.39, 0.29) is 11.3 Å². The Balaban J connectivity index is 2.11. The molecule has 0 aliphatic heterocycles. The summed E-state index contributed by atoms with van der Waals surface area (Å²) in [5.74, 6) is 0.245. The number of benzene rings is 1. The average Bonchev–Trinajstić information content (AvgIpc) is 2.96. The number of hydrogen-bond acceptors (Lipinski definition) is 4. The molecule has 1 aromatic carbocycles. The van der Waals surface area contributed by atoms with E-state index in [1.807, 2.05) is 0 Å². The van der Waals surface area contributed by atoms with E-state index in [9.17, 15) is 14.9 Å². The highest BCUT2D eigenvalue weighted by Crippen LogP contribution is 2.18. The fourth-order valence-corrected chi connectivity index (χ4v) is 1.61. The van der Waals surface area contributed by atoms with E-state index >= 15 is 0 Å². The average molecular weight is 269 g/mol. The van der Waals surface area contributed by atoms with Gasteiger partial charge in [0.15, 0.2) is 5.78 Å². The Hall–Kier alpha value is -2.95. The van der Waals surface area contributed by atoms with Crippen molar-refractivity contribution >= 4 is 17.5 Å². The SMILES string of the molecule is O=C(/C=C/C=C/c1ccco1)c1ccccc1[N+](=O)[O-]. The van der Waals surface area contributed by atoms with E-state index in [4.69, 9.17) is 4.42 Å². The molecule has 100 valence electrons. The highest BCUT2D eigenvalue weighted by Gasteiger charge is 2.16. The van der Waals surface area contributed by atoms with Gasteiger partial charge in [0.25, 0.3) is 5.69 Å². The molecule has 5 nitrogen and oxygen atoms in total. The summed E-state index contributed by atoms with van der Waals surface area (Å²) in [5.41, 5.74) is -0.127. The van der Waals surface area contributed by atoms with Crippen molar-refractivity contribution in [1.29, 1.82) is 0 Å². The van der Waals surface area contributed by atoms with E-state index in [0.29, 0.717) is 5.76 Å². The maximum absolute atomic E-state index is 11.9. The van der Waals surface area contributed by atoms with Gasteiger partial charge in [-0.15, -0.1) is 0 Å². The molecule has 2 rings (SSSR count). The van der Waals surface area contributed by atoms with Crippen LogP contribution in [0.5, 0.6) is 0 Å². The molecule has 0 spiro atoms. The van der Waals surface area contributed by atoms with Crippen LogP contribution in [0.4, 0.5) is 5.69 Å². The van der Waals surface area contributed by atoms with Crippen molar-refractivity contribution in [2.75, 3.05) is 0 Å². The summed E-state index contributed by atoms with van der Waals surface area (Å²) in [6, 6.07) is 9.37. The lowest BCUT2D eigenvalue weighted by Crippen LogP contribution is -2.00. The predicted molar refractivity (Wildman–Crippen MR) is 74.3 cm³/mol. The second-order valence-corrected chi connectivity index (χ2v) is 3.87. The molecule has 0 N–H and O–H groups in total. The highest BCUT2D eigenvalue weighted by molar-refractivity contribution is 6.07. The number of para-hydroxylation sites is 1. The van der Waals surface area contributed by atoms with E-state index in [0.717, 1.165) is 0 Å². The number of ketones is 1. The van der Waals surface area contributed by atoms with Gasteiger partial charge in [0.1, 0.15) is 5.76 Å². The van der Waals surface area contributed by atoms with Crippen molar-refractivity contribution in [2.45, 2.75) is 0 Å². The first-order valence-corrected chi connectivity index (χ1v) is 5.84. The summed E-state index contributed by atoms with van der Waals surface area (Å²) in [5, 5.41) is 10.8. The van der Waals surface area contributed by atoms with Crippen LogP contribution < -0.4 is 0 Å². The lowest BCUT2D eigenvalue weighted by atomic mass is 10.1. The van der Waals surface area contributed by atoms with E-state index in [1.165, 1.54) is 30.4 Å². The fourth-order valence-electron chi connectivity index (χ4n) is 1.61. The van der Waals surface area contributed by atoms with Gasteiger partial charge < -0.3 is 4.42 Å². The number of furan rings is 1. The minimum absolute atomic E-state index is 0.0696. The van der Waals surface area contributed by atoms with Gasteiger partial charge in [-0.25, -0.2) is 0 Å². The first-order chi connectivity index (χ1) is 9.68. The molecule has 0 aliphatic rings. The van der Waals surface area contributed by atoms with Gasteiger partial charge in [0, 0.05) is 6.07 Å². The lowest BCUT2D eigenvalue weighted by molar-refractivity contribution is -0.385. The van der Waals surface area contributed by atoms with Gasteiger partial charge in [-0.05, 0) is 30.4 Å². The van der Waals surface area contributed by atoms with Crippen molar-refractivity contribution < 1.29 is 14.1 Å². The second-order valence-electron chi connectivity index (χ2n) is 3.87. The van der Waals surface area contributed by atoms with Crippen LogP contribution in [0.15, 0.2) is 65.3 Å². The van der Waals surface area contributed by atoms with E-state index in [1.54, 1.807) is 36.6 Å². The molecule has 0 fully saturated rings. The Kier molecular flexibility index (Phi) is 4.24. The summed E-state index contributed by atoms with van der Waals surface area (Å²) >= 11 is 0. The van der Waals surface area contributed by atoms with E-state index < -0.39 is 10.7 Å². The Morgan fingerprint density at radius 2 is 1.95 bits per heavy atom. The molecule has 0 unspecified atom stereocenters. The topological polar surface area (TPSA) is 73.3 Å². The van der Waals surface area contributed by atoms with Crippen LogP contribution in [-0.4, -0.2) is 10.7 Å². The molecule has 0 atom stereocenters. The third kappa shape index (κ3) is 3.29. The van der Waals surface area contributed by atoms with Gasteiger partial charge in [-0.1, -0.05) is 24.3 Å². The smallest absolute Gasteiger partial charge is 0.280 e. The maximum atomic E-state index is 11.9. The van der Waals surface area contributed by atoms with Crippen molar-refractivity contribution in [3.8, 4) is 0 Å². The third-order valence-corrected chi connectivity index (χ3v) is 2.53. The number of carbonyl (C=O) groups excluding carboxylic acids is 1. The Bertz CT molecular complexity index is 669. The number of allylic oxidation sites excluding steroid dienone is 3. The predicted octanol–water partition coefficient (Wildman–Crippen LogP) is 3.64. The standard InChI is InChI=1S/C15H11NO4/c17-15(10-4-1-6-12-7-5-11-20-12)13-8-2-3-9-14(13)16(18)19/h1-11H/b6-1+,10-4+. The summed E-state index contributed by atoms with van der Waals surface area (Å²) in [4.78, 5) is 22.1. The largest absolute Gasteiger partial charge is 0.465 e. The molecule has 0 aliphatic carbocycles. The lowest BCUT2D eigenvalue weighted by Gasteiger charge is -1.97. The Morgan fingerprint density at radius 3 is 2.65 bits per heavy atom. The number of nitrogens with zero attached hydrogens (tertiary/aromatic N) is 1. The molecular formula is C15H11NO4. The molecular weight excluding hydrogens is 258 g/mol.